The lowest BCUT2D eigenvalue weighted by Crippen LogP contribution is -2.25. The van der Waals surface area contributed by atoms with Gasteiger partial charge >= 0.3 is 0 Å². The van der Waals surface area contributed by atoms with Crippen LogP contribution in [0, 0.1) is 18.9 Å². The minimum absolute atomic E-state index is 0.0198. The van der Waals surface area contributed by atoms with E-state index in [1.807, 2.05) is 49.4 Å². The van der Waals surface area contributed by atoms with Gasteiger partial charge in [0.2, 0.25) is 5.91 Å². The van der Waals surface area contributed by atoms with Gasteiger partial charge in [-0.15, -0.1) is 0 Å². The number of hydrogen-bond acceptors (Lipinski definition) is 3. The SMILES string of the molecule is Cc1nc(CC(C)C)[c]c(-c2ccc(CN)cc2)c1CC(=O)NCc1ccccc1. The molecule has 1 radical (unpaired) electrons. The van der Waals surface area contributed by atoms with Crippen molar-refractivity contribution in [2.24, 2.45) is 11.7 Å². The van der Waals surface area contributed by atoms with Gasteiger partial charge in [-0.1, -0.05) is 68.4 Å². The average Bonchev–Trinajstić information content (AvgIpc) is 2.74. The smallest absolute Gasteiger partial charge is 0.224 e. The summed E-state index contributed by atoms with van der Waals surface area (Å²) in [4.78, 5) is 17.5. The Balaban J connectivity index is 1.88. The highest BCUT2D eigenvalue weighted by Crippen LogP contribution is 2.28. The van der Waals surface area contributed by atoms with E-state index in [1.54, 1.807) is 0 Å². The first-order valence-electron chi connectivity index (χ1n) is 10.5. The van der Waals surface area contributed by atoms with Gasteiger partial charge in [0.15, 0.2) is 0 Å². The number of nitrogens with two attached hydrogens (primary N) is 1. The van der Waals surface area contributed by atoms with Gasteiger partial charge in [0, 0.05) is 30.5 Å². The fraction of sp³-hybridized carbons (Fsp3) is 0.308. The van der Waals surface area contributed by atoms with Crippen LogP contribution in [0.15, 0.2) is 54.6 Å². The molecule has 3 aromatic rings. The minimum atomic E-state index is -0.0198. The first kappa shape index (κ1) is 21.7. The molecular weight excluding hydrogens is 370 g/mol. The first-order chi connectivity index (χ1) is 14.5. The maximum Gasteiger partial charge on any atom is 0.224 e. The Bertz CT molecular complexity index is 979. The molecule has 4 heteroatoms. The molecule has 0 unspecified atom stereocenters. The zero-order valence-corrected chi connectivity index (χ0v) is 18.0. The highest BCUT2D eigenvalue weighted by Gasteiger charge is 2.16. The van der Waals surface area contributed by atoms with Gasteiger partial charge in [0.05, 0.1) is 6.42 Å². The Morgan fingerprint density at radius 3 is 2.40 bits per heavy atom. The van der Waals surface area contributed by atoms with Gasteiger partial charge in [-0.05, 0) is 47.1 Å². The molecular formula is C26H30N3O. The monoisotopic (exact) mass is 400 g/mol. The Morgan fingerprint density at radius 1 is 1.07 bits per heavy atom. The summed E-state index contributed by atoms with van der Waals surface area (Å²) in [5.41, 5.74) is 12.6. The number of aromatic nitrogens is 1. The van der Waals surface area contributed by atoms with Gasteiger partial charge in [0.25, 0.3) is 0 Å². The molecule has 0 aliphatic carbocycles. The molecule has 1 heterocycles. The number of rotatable bonds is 8. The maximum atomic E-state index is 12.7. The third-order valence-corrected chi connectivity index (χ3v) is 5.06. The predicted molar refractivity (Wildman–Crippen MR) is 122 cm³/mol. The summed E-state index contributed by atoms with van der Waals surface area (Å²) < 4.78 is 0. The van der Waals surface area contributed by atoms with Gasteiger partial charge in [0.1, 0.15) is 0 Å². The molecule has 4 nitrogen and oxygen atoms in total. The lowest BCUT2D eigenvalue weighted by atomic mass is 9.93. The number of pyridine rings is 1. The zero-order valence-electron chi connectivity index (χ0n) is 18.0. The van der Waals surface area contributed by atoms with Crippen LogP contribution >= 0.6 is 0 Å². The average molecular weight is 401 g/mol. The van der Waals surface area contributed by atoms with Crippen LogP contribution in [0.25, 0.3) is 11.1 Å². The van der Waals surface area contributed by atoms with E-state index in [1.165, 1.54) is 0 Å². The minimum Gasteiger partial charge on any atom is -0.352 e. The summed E-state index contributed by atoms with van der Waals surface area (Å²) in [6.45, 7) is 7.35. The molecule has 0 fully saturated rings. The second-order valence-electron chi connectivity index (χ2n) is 8.06. The van der Waals surface area contributed by atoms with Crippen molar-refractivity contribution in [1.82, 2.24) is 10.3 Å². The van der Waals surface area contributed by atoms with Crippen LogP contribution in [0.2, 0.25) is 0 Å². The molecule has 1 aromatic heterocycles. The lowest BCUT2D eigenvalue weighted by Gasteiger charge is -2.16. The van der Waals surface area contributed by atoms with Gasteiger partial charge in [-0.3, -0.25) is 9.78 Å². The van der Waals surface area contributed by atoms with Crippen molar-refractivity contribution in [2.75, 3.05) is 0 Å². The number of nitrogens with one attached hydrogen (secondary N) is 1. The van der Waals surface area contributed by atoms with Crippen LogP contribution in [-0.2, 0) is 30.7 Å². The molecule has 30 heavy (non-hydrogen) atoms. The van der Waals surface area contributed by atoms with E-state index in [9.17, 15) is 4.79 Å². The van der Waals surface area contributed by atoms with Gasteiger partial charge < -0.3 is 11.1 Å². The Kier molecular flexibility index (Phi) is 7.36. The normalized spacial score (nSPS) is 11.0. The fourth-order valence-corrected chi connectivity index (χ4v) is 3.47. The number of benzene rings is 2. The van der Waals surface area contributed by atoms with E-state index in [2.05, 4.69) is 37.4 Å². The van der Waals surface area contributed by atoms with E-state index in [0.29, 0.717) is 19.0 Å². The Hall–Kier alpha value is -2.98. The third-order valence-electron chi connectivity index (χ3n) is 5.06. The van der Waals surface area contributed by atoms with Crippen LogP contribution < -0.4 is 11.1 Å². The van der Waals surface area contributed by atoms with Crippen LogP contribution in [0.4, 0.5) is 0 Å². The van der Waals surface area contributed by atoms with Crippen molar-refractivity contribution in [1.29, 1.82) is 0 Å². The molecule has 2 aromatic carbocycles. The molecule has 1 amide bonds. The van der Waals surface area contributed by atoms with E-state index in [0.717, 1.165) is 45.6 Å². The molecule has 0 atom stereocenters. The van der Waals surface area contributed by atoms with Crippen molar-refractivity contribution >= 4 is 5.91 Å². The quantitative estimate of drug-likeness (QED) is 0.590. The molecule has 3 N–H and O–H groups in total. The molecule has 155 valence electrons. The summed E-state index contributed by atoms with van der Waals surface area (Å²) in [6.07, 6.45) is 1.13. The molecule has 0 aliphatic rings. The molecule has 0 spiro atoms. The predicted octanol–water partition coefficient (Wildman–Crippen LogP) is 4.37. The summed E-state index contributed by atoms with van der Waals surface area (Å²) in [7, 11) is 0. The van der Waals surface area contributed by atoms with Crippen LogP contribution in [-0.4, -0.2) is 10.9 Å². The number of nitrogens with zero attached hydrogens (tertiary/aromatic N) is 1. The number of aryl methyl sites for hydroxylation is 1. The highest BCUT2D eigenvalue weighted by molar-refractivity contribution is 5.82. The lowest BCUT2D eigenvalue weighted by molar-refractivity contribution is -0.120. The van der Waals surface area contributed by atoms with Crippen molar-refractivity contribution in [2.45, 2.75) is 46.7 Å². The molecule has 0 saturated heterocycles. The number of carbonyl (C=O) groups excluding carboxylic acids is 1. The third kappa shape index (κ3) is 5.77. The summed E-state index contributed by atoms with van der Waals surface area (Å²) in [5.74, 6) is 0.467. The molecule has 0 bridgehead atoms. The van der Waals surface area contributed by atoms with E-state index in [-0.39, 0.29) is 12.3 Å². The van der Waals surface area contributed by atoms with E-state index in [4.69, 9.17) is 10.7 Å². The van der Waals surface area contributed by atoms with Crippen molar-refractivity contribution in [3.05, 3.63) is 88.7 Å². The van der Waals surface area contributed by atoms with Crippen molar-refractivity contribution in [3.8, 4) is 11.1 Å². The standard InChI is InChI=1S/C26H30N3O/c1-18(2)13-23-14-25(22-11-9-20(16-27)10-12-22)24(19(3)29-23)15-26(30)28-17-21-7-5-4-6-8-21/h4-12,18H,13,15-17,27H2,1-3H3,(H,28,30). The fourth-order valence-electron chi connectivity index (χ4n) is 3.47. The summed E-state index contributed by atoms with van der Waals surface area (Å²) in [5, 5.41) is 3.02. The first-order valence-corrected chi connectivity index (χ1v) is 10.5. The number of hydrogen-bond donors (Lipinski definition) is 2. The molecule has 0 saturated carbocycles. The second kappa shape index (κ2) is 10.2. The van der Waals surface area contributed by atoms with Crippen LogP contribution in [0.1, 0.15) is 41.9 Å². The Labute approximate surface area is 179 Å². The summed E-state index contributed by atoms with van der Waals surface area (Å²) >= 11 is 0. The van der Waals surface area contributed by atoms with Crippen molar-refractivity contribution in [3.63, 3.8) is 0 Å². The number of carbonyl (C=O) groups is 1. The van der Waals surface area contributed by atoms with Crippen molar-refractivity contribution < 1.29 is 4.79 Å². The molecule has 0 aliphatic heterocycles. The van der Waals surface area contributed by atoms with E-state index >= 15 is 0 Å². The second-order valence-corrected chi connectivity index (χ2v) is 8.06. The van der Waals surface area contributed by atoms with Crippen LogP contribution in [0.5, 0.6) is 0 Å². The van der Waals surface area contributed by atoms with Crippen LogP contribution in [0.3, 0.4) is 0 Å². The maximum absolute atomic E-state index is 12.7. The van der Waals surface area contributed by atoms with Gasteiger partial charge in [-0.25, -0.2) is 0 Å². The number of amides is 1. The highest BCUT2D eigenvalue weighted by atomic mass is 16.1. The topological polar surface area (TPSA) is 68.0 Å². The van der Waals surface area contributed by atoms with Gasteiger partial charge in [-0.2, -0.15) is 0 Å². The largest absolute Gasteiger partial charge is 0.352 e. The summed E-state index contributed by atoms with van der Waals surface area (Å²) in [6, 6.07) is 21.6. The zero-order chi connectivity index (χ0) is 21.5. The van der Waals surface area contributed by atoms with E-state index < -0.39 is 0 Å². The molecule has 3 rings (SSSR count). The Morgan fingerprint density at radius 2 is 1.77 bits per heavy atom.